The number of hydrogen-bond donors (Lipinski definition) is 0. The van der Waals surface area contributed by atoms with Gasteiger partial charge in [-0.15, -0.1) is 0 Å². The Balaban J connectivity index is 3.63. The Labute approximate surface area is 136 Å². The predicted molar refractivity (Wildman–Crippen MR) is 98.7 cm³/mol. The molecule has 0 amide bonds. The quantitative estimate of drug-likeness (QED) is 0.366. The van der Waals surface area contributed by atoms with Crippen LogP contribution in [-0.4, -0.2) is 0 Å². The Kier molecular flexibility index (Phi) is 10.7. The summed E-state index contributed by atoms with van der Waals surface area (Å²) < 4.78 is 0. The van der Waals surface area contributed by atoms with E-state index < -0.39 is 0 Å². The van der Waals surface area contributed by atoms with Crippen LogP contribution < -0.4 is 0 Å². The Bertz CT molecular complexity index is 233. The van der Waals surface area contributed by atoms with Gasteiger partial charge in [0.05, 0.1) is 0 Å². The van der Waals surface area contributed by atoms with Crippen molar-refractivity contribution in [1.29, 1.82) is 0 Å². The molecule has 0 saturated heterocycles. The van der Waals surface area contributed by atoms with Gasteiger partial charge in [0.25, 0.3) is 0 Å². The van der Waals surface area contributed by atoms with E-state index in [1.165, 1.54) is 51.4 Å². The first-order valence-corrected chi connectivity index (χ1v) is 9.60. The lowest BCUT2D eigenvalue weighted by Crippen LogP contribution is -2.07. The van der Waals surface area contributed by atoms with Crippen LogP contribution in [0, 0.1) is 29.1 Å². The van der Waals surface area contributed by atoms with Gasteiger partial charge in [0.2, 0.25) is 0 Å². The highest BCUT2D eigenvalue weighted by atomic mass is 14.2. The molecule has 0 heteroatoms. The third-order valence-corrected chi connectivity index (χ3v) is 4.70. The molecule has 0 heterocycles. The third-order valence-electron chi connectivity index (χ3n) is 4.70. The molecule has 0 aromatic rings. The van der Waals surface area contributed by atoms with E-state index in [0.29, 0.717) is 5.41 Å². The molecule has 0 saturated carbocycles. The molecule has 3 atom stereocenters. The molecule has 0 bridgehead atoms. The minimum atomic E-state index is 0.515. The molecule has 21 heavy (non-hydrogen) atoms. The van der Waals surface area contributed by atoms with Crippen molar-refractivity contribution in [2.24, 2.45) is 29.1 Å². The monoisotopic (exact) mass is 296 g/mol. The predicted octanol–water partition coefficient (Wildman–Crippen LogP) is 7.72. The molecule has 0 N–H and O–H groups in total. The summed E-state index contributed by atoms with van der Waals surface area (Å²) in [6.45, 7) is 19.1. The number of hydrogen-bond acceptors (Lipinski definition) is 0. The van der Waals surface area contributed by atoms with Crippen molar-refractivity contribution in [3.8, 4) is 0 Å². The molecule has 0 spiro atoms. The van der Waals surface area contributed by atoms with Gasteiger partial charge in [-0.25, -0.2) is 0 Å². The fourth-order valence-electron chi connectivity index (χ4n) is 3.65. The molecule has 128 valence electrons. The van der Waals surface area contributed by atoms with Crippen molar-refractivity contribution in [1.82, 2.24) is 0 Å². The van der Waals surface area contributed by atoms with E-state index in [2.05, 4.69) is 55.4 Å². The molecule has 0 radical (unpaired) electrons. The molecule has 0 aliphatic rings. The topological polar surface area (TPSA) is 0 Å². The second kappa shape index (κ2) is 10.7. The molecule has 3 unspecified atom stereocenters. The summed E-state index contributed by atoms with van der Waals surface area (Å²) in [5, 5.41) is 0. The van der Waals surface area contributed by atoms with E-state index in [1.54, 1.807) is 0 Å². The van der Waals surface area contributed by atoms with Crippen molar-refractivity contribution in [3.63, 3.8) is 0 Å². The van der Waals surface area contributed by atoms with Crippen LogP contribution in [0.15, 0.2) is 0 Å². The van der Waals surface area contributed by atoms with E-state index in [-0.39, 0.29) is 0 Å². The minimum absolute atomic E-state index is 0.515. The zero-order valence-electron chi connectivity index (χ0n) is 16.5. The van der Waals surface area contributed by atoms with Crippen molar-refractivity contribution in [3.05, 3.63) is 0 Å². The standard InChI is InChI=1S/C21H44/c1-17(2)15-20(5)16-19(4)12-9-11-18(3)13-10-14-21(6,7)8/h17-20H,9-16H2,1-8H3. The van der Waals surface area contributed by atoms with Crippen LogP contribution in [0.5, 0.6) is 0 Å². The van der Waals surface area contributed by atoms with Crippen molar-refractivity contribution in [2.75, 3.05) is 0 Å². The highest BCUT2D eigenvalue weighted by molar-refractivity contribution is 4.65. The van der Waals surface area contributed by atoms with Gasteiger partial charge in [-0.2, -0.15) is 0 Å². The lowest BCUT2D eigenvalue weighted by Gasteiger charge is -2.21. The van der Waals surface area contributed by atoms with Gasteiger partial charge >= 0.3 is 0 Å². The van der Waals surface area contributed by atoms with Crippen LogP contribution in [0.1, 0.15) is 107 Å². The first-order valence-electron chi connectivity index (χ1n) is 9.60. The highest BCUT2D eigenvalue weighted by Crippen LogP contribution is 2.26. The van der Waals surface area contributed by atoms with E-state index in [4.69, 9.17) is 0 Å². The summed E-state index contributed by atoms with van der Waals surface area (Å²) in [7, 11) is 0. The summed E-state index contributed by atoms with van der Waals surface area (Å²) in [5.41, 5.74) is 0.515. The fraction of sp³-hybridized carbons (Fsp3) is 1.00. The SMILES string of the molecule is CC(C)CC(C)CC(C)CCCC(C)CCCC(C)(C)C. The largest absolute Gasteiger partial charge is 0.0628 e. The van der Waals surface area contributed by atoms with Crippen molar-refractivity contribution in [2.45, 2.75) is 107 Å². The molecule has 0 nitrogen and oxygen atoms in total. The lowest BCUT2D eigenvalue weighted by atomic mass is 9.85. The summed E-state index contributed by atoms with van der Waals surface area (Å²) >= 11 is 0. The van der Waals surface area contributed by atoms with E-state index in [9.17, 15) is 0 Å². The molecule has 0 fully saturated rings. The van der Waals surface area contributed by atoms with Gasteiger partial charge < -0.3 is 0 Å². The van der Waals surface area contributed by atoms with Gasteiger partial charge in [-0.05, 0) is 48.3 Å². The summed E-state index contributed by atoms with van der Waals surface area (Å²) in [5.74, 6) is 3.60. The van der Waals surface area contributed by atoms with Crippen LogP contribution in [0.25, 0.3) is 0 Å². The zero-order chi connectivity index (χ0) is 16.5. The Morgan fingerprint density at radius 2 is 1.14 bits per heavy atom. The van der Waals surface area contributed by atoms with E-state index in [1.807, 2.05) is 0 Å². The number of rotatable bonds is 11. The third kappa shape index (κ3) is 14.7. The second-order valence-corrected chi connectivity index (χ2v) is 9.56. The molecule has 0 rings (SSSR count). The Morgan fingerprint density at radius 3 is 1.67 bits per heavy atom. The minimum Gasteiger partial charge on any atom is -0.0628 e. The summed E-state index contributed by atoms with van der Waals surface area (Å²) in [6, 6.07) is 0. The normalized spacial score (nSPS) is 17.0. The smallest absolute Gasteiger partial charge is 0.0383 e. The molecular formula is C21H44. The van der Waals surface area contributed by atoms with Gasteiger partial charge in [-0.3, -0.25) is 0 Å². The Hall–Kier alpha value is 0. The molecule has 0 aromatic carbocycles. The lowest BCUT2D eigenvalue weighted by molar-refractivity contribution is 0.317. The summed E-state index contributed by atoms with van der Waals surface area (Å²) in [6.07, 6.45) is 11.3. The maximum atomic E-state index is 2.46. The molecular weight excluding hydrogens is 252 g/mol. The van der Waals surface area contributed by atoms with Crippen LogP contribution >= 0.6 is 0 Å². The van der Waals surface area contributed by atoms with Gasteiger partial charge in [0.1, 0.15) is 0 Å². The average molecular weight is 297 g/mol. The zero-order valence-corrected chi connectivity index (χ0v) is 16.5. The first-order chi connectivity index (χ1) is 9.60. The van der Waals surface area contributed by atoms with Gasteiger partial charge in [0.15, 0.2) is 0 Å². The van der Waals surface area contributed by atoms with Crippen LogP contribution in [0.3, 0.4) is 0 Å². The maximum absolute atomic E-state index is 2.46. The highest BCUT2D eigenvalue weighted by Gasteiger charge is 2.13. The second-order valence-electron chi connectivity index (χ2n) is 9.56. The Morgan fingerprint density at radius 1 is 0.619 bits per heavy atom. The molecule has 0 aliphatic heterocycles. The van der Waals surface area contributed by atoms with Crippen molar-refractivity contribution >= 4 is 0 Å². The fourth-order valence-corrected chi connectivity index (χ4v) is 3.65. The van der Waals surface area contributed by atoms with Crippen LogP contribution in [-0.2, 0) is 0 Å². The first kappa shape index (κ1) is 21.0. The molecule has 0 aromatic heterocycles. The van der Waals surface area contributed by atoms with Crippen LogP contribution in [0.4, 0.5) is 0 Å². The van der Waals surface area contributed by atoms with Crippen molar-refractivity contribution < 1.29 is 0 Å². The van der Waals surface area contributed by atoms with Gasteiger partial charge in [0, 0.05) is 0 Å². The van der Waals surface area contributed by atoms with E-state index in [0.717, 1.165) is 23.7 Å². The van der Waals surface area contributed by atoms with Gasteiger partial charge in [-0.1, -0.05) is 87.5 Å². The average Bonchev–Trinajstić information content (AvgIpc) is 2.25. The summed E-state index contributed by atoms with van der Waals surface area (Å²) in [4.78, 5) is 0. The van der Waals surface area contributed by atoms with E-state index >= 15 is 0 Å². The maximum Gasteiger partial charge on any atom is -0.0383 e. The van der Waals surface area contributed by atoms with Crippen LogP contribution in [0.2, 0.25) is 0 Å². The molecule has 0 aliphatic carbocycles.